The lowest BCUT2D eigenvalue weighted by Gasteiger charge is -2.40. The minimum absolute atomic E-state index is 0.117. The van der Waals surface area contributed by atoms with Crippen LogP contribution < -0.4 is 5.32 Å². The van der Waals surface area contributed by atoms with Crippen LogP contribution in [0.3, 0.4) is 0 Å². The predicted octanol–water partition coefficient (Wildman–Crippen LogP) is 6.13. The Bertz CT molecular complexity index is 855. The lowest BCUT2D eigenvalue weighted by molar-refractivity contribution is -0.302. The molecule has 0 aromatic heterocycles. The second kappa shape index (κ2) is 31.2. The Kier molecular flexibility index (Phi) is 29.1. The monoisotopic (exact) mass is 714 g/mol. The first-order chi connectivity index (χ1) is 24.3. The zero-order chi connectivity index (χ0) is 36.8. The average Bonchev–Trinajstić information content (AvgIpc) is 3.11. The Hall–Kier alpha value is -1.37. The van der Waals surface area contributed by atoms with Crippen molar-refractivity contribution in [2.24, 2.45) is 0 Å². The number of allylic oxidation sites excluding steroid dienone is 3. The largest absolute Gasteiger partial charge is 0.394 e. The van der Waals surface area contributed by atoms with Crippen molar-refractivity contribution < 1.29 is 44.9 Å². The first-order valence-electron chi connectivity index (χ1n) is 20.1. The van der Waals surface area contributed by atoms with Gasteiger partial charge in [0.15, 0.2) is 6.29 Å². The summed E-state index contributed by atoms with van der Waals surface area (Å²) in [6.07, 6.45) is 23.9. The van der Waals surface area contributed by atoms with Crippen LogP contribution in [0, 0.1) is 0 Å². The van der Waals surface area contributed by atoms with E-state index in [1.54, 1.807) is 6.08 Å². The summed E-state index contributed by atoms with van der Waals surface area (Å²) >= 11 is 0. The van der Waals surface area contributed by atoms with Gasteiger partial charge in [-0.1, -0.05) is 154 Å². The molecule has 0 radical (unpaired) electrons. The van der Waals surface area contributed by atoms with Crippen LogP contribution in [0.25, 0.3) is 0 Å². The molecule has 1 saturated heterocycles. The quantitative estimate of drug-likeness (QED) is 0.0320. The summed E-state index contributed by atoms with van der Waals surface area (Å²) in [5.41, 5.74) is 0. The minimum atomic E-state index is -1.60. The number of carbonyl (C=O) groups is 1. The van der Waals surface area contributed by atoms with Crippen molar-refractivity contribution in [3.63, 3.8) is 0 Å². The molecule has 1 aliphatic heterocycles. The van der Waals surface area contributed by atoms with Crippen molar-refractivity contribution in [3.8, 4) is 0 Å². The van der Waals surface area contributed by atoms with Crippen LogP contribution in [0.1, 0.15) is 162 Å². The van der Waals surface area contributed by atoms with Crippen LogP contribution in [-0.4, -0.2) is 98.7 Å². The molecule has 1 heterocycles. The van der Waals surface area contributed by atoms with Crippen LogP contribution >= 0.6 is 0 Å². The number of aliphatic hydroxyl groups is 6. The maximum absolute atomic E-state index is 12.9. The molecule has 0 aromatic rings. The first-order valence-corrected chi connectivity index (χ1v) is 20.1. The number of ether oxygens (including phenoxy) is 2. The standard InChI is InChI=1S/C40H75NO9/c1-3-5-7-9-11-13-15-17-19-20-22-24-26-28-33(43)32(31-49-40-38(47)37(46)36(45)35(30-42)50-40)41-39(48)34(44)29-27-25-23-21-18-16-14-12-10-8-6-4-2/h18,21,25,27,32-38,40,42-47H,3-17,19-20,22-24,26,28-31H2,1-2H3,(H,41,48)/b21-18-,27-25-. The van der Waals surface area contributed by atoms with Crippen molar-refractivity contribution in [2.45, 2.75) is 210 Å². The van der Waals surface area contributed by atoms with Gasteiger partial charge in [-0.25, -0.2) is 0 Å². The molecule has 1 aliphatic rings. The van der Waals surface area contributed by atoms with E-state index < -0.39 is 61.5 Å². The third-order valence-corrected chi connectivity index (χ3v) is 9.68. The van der Waals surface area contributed by atoms with E-state index in [4.69, 9.17) is 9.47 Å². The van der Waals surface area contributed by atoms with E-state index in [0.29, 0.717) is 6.42 Å². The molecule has 10 heteroatoms. The Balaban J connectivity index is 2.53. The maximum atomic E-state index is 12.9. The van der Waals surface area contributed by atoms with Crippen LogP contribution in [0.4, 0.5) is 0 Å². The summed E-state index contributed by atoms with van der Waals surface area (Å²) in [6, 6.07) is -0.921. The summed E-state index contributed by atoms with van der Waals surface area (Å²) in [5.74, 6) is -0.653. The van der Waals surface area contributed by atoms with Crippen molar-refractivity contribution >= 4 is 5.91 Å². The Morgan fingerprint density at radius 2 is 1.22 bits per heavy atom. The van der Waals surface area contributed by atoms with Gasteiger partial charge in [-0.15, -0.1) is 0 Å². The van der Waals surface area contributed by atoms with Crippen molar-refractivity contribution in [2.75, 3.05) is 13.2 Å². The summed E-state index contributed by atoms with van der Waals surface area (Å²) in [5, 5.41) is 64.4. The van der Waals surface area contributed by atoms with E-state index in [1.807, 2.05) is 6.08 Å². The molecule has 0 aliphatic carbocycles. The summed E-state index contributed by atoms with van der Waals surface area (Å²) in [7, 11) is 0. The minimum Gasteiger partial charge on any atom is -0.394 e. The number of carbonyl (C=O) groups excluding carboxylic acids is 1. The zero-order valence-electron chi connectivity index (χ0n) is 31.5. The molecular weight excluding hydrogens is 638 g/mol. The number of amides is 1. The highest BCUT2D eigenvalue weighted by Gasteiger charge is 2.44. The highest BCUT2D eigenvalue weighted by atomic mass is 16.7. The number of unbranched alkanes of at least 4 members (excludes halogenated alkanes) is 18. The van der Waals surface area contributed by atoms with Crippen LogP contribution in [0.5, 0.6) is 0 Å². The molecule has 8 atom stereocenters. The van der Waals surface area contributed by atoms with E-state index in [-0.39, 0.29) is 13.0 Å². The zero-order valence-corrected chi connectivity index (χ0v) is 31.5. The highest BCUT2D eigenvalue weighted by Crippen LogP contribution is 2.23. The van der Waals surface area contributed by atoms with Gasteiger partial charge < -0.3 is 45.4 Å². The molecule has 1 fully saturated rings. The van der Waals surface area contributed by atoms with Gasteiger partial charge in [-0.2, -0.15) is 0 Å². The molecule has 7 N–H and O–H groups in total. The van der Waals surface area contributed by atoms with Crippen molar-refractivity contribution in [1.82, 2.24) is 5.32 Å². The SMILES string of the molecule is CCCCCCCC/C=C\C/C=C\CC(O)C(=O)NC(COC1OC(CO)C(O)C(O)C1O)C(O)CCCCCCCCCCCCCCC. The van der Waals surface area contributed by atoms with Gasteiger partial charge in [-0.05, 0) is 25.7 Å². The second-order valence-electron chi connectivity index (χ2n) is 14.2. The summed E-state index contributed by atoms with van der Waals surface area (Å²) in [4.78, 5) is 12.9. The average molecular weight is 714 g/mol. The normalized spacial score (nSPS) is 23.1. The van der Waals surface area contributed by atoms with Gasteiger partial charge in [0.05, 0.1) is 25.4 Å². The molecule has 294 valence electrons. The van der Waals surface area contributed by atoms with E-state index in [9.17, 15) is 35.4 Å². The molecule has 0 saturated carbocycles. The molecule has 8 unspecified atom stereocenters. The number of nitrogens with one attached hydrogen (secondary N) is 1. The molecule has 0 bridgehead atoms. The van der Waals surface area contributed by atoms with Gasteiger partial charge in [0, 0.05) is 6.42 Å². The number of hydrogen-bond donors (Lipinski definition) is 7. The van der Waals surface area contributed by atoms with Crippen molar-refractivity contribution in [1.29, 1.82) is 0 Å². The smallest absolute Gasteiger partial charge is 0.249 e. The first kappa shape index (κ1) is 46.7. The highest BCUT2D eigenvalue weighted by molar-refractivity contribution is 5.81. The lowest BCUT2D eigenvalue weighted by atomic mass is 9.99. The van der Waals surface area contributed by atoms with E-state index in [2.05, 4.69) is 31.3 Å². The Morgan fingerprint density at radius 1 is 0.700 bits per heavy atom. The van der Waals surface area contributed by atoms with E-state index in [1.165, 1.54) is 96.3 Å². The molecule has 50 heavy (non-hydrogen) atoms. The Labute approximate surface area is 303 Å². The Morgan fingerprint density at radius 3 is 1.78 bits per heavy atom. The molecule has 10 nitrogen and oxygen atoms in total. The topological polar surface area (TPSA) is 169 Å². The fourth-order valence-electron chi connectivity index (χ4n) is 6.27. The molecule has 1 rings (SSSR count). The van der Waals surface area contributed by atoms with Crippen LogP contribution in [-0.2, 0) is 14.3 Å². The second-order valence-corrected chi connectivity index (χ2v) is 14.2. The lowest BCUT2D eigenvalue weighted by Crippen LogP contribution is -2.60. The summed E-state index contributed by atoms with van der Waals surface area (Å²) < 4.78 is 11.1. The van der Waals surface area contributed by atoms with E-state index in [0.717, 1.165) is 38.5 Å². The maximum Gasteiger partial charge on any atom is 0.249 e. The summed E-state index contributed by atoms with van der Waals surface area (Å²) in [6.45, 7) is 3.58. The van der Waals surface area contributed by atoms with Gasteiger partial charge in [0.1, 0.15) is 30.5 Å². The van der Waals surface area contributed by atoms with Crippen LogP contribution in [0.2, 0.25) is 0 Å². The van der Waals surface area contributed by atoms with Crippen molar-refractivity contribution in [3.05, 3.63) is 24.3 Å². The van der Waals surface area contributed by atoms with Gasteiger partial charge in [0.2, 0.25) is 5.91 Å². The van der Waals surface area contributed by atoms with Crippen LogP contribution in [0.15, 0.2) is 24.3 Å². The fraction of sp³-hybridized carbons (Fsp3) is 0.875. The molecule has 0 aromatic carbocycles. The molecule has 0 spiro atoms. The number of hydrogen-bond acceptors (Lipinski definition) is 9. The molecular formula is C40H75NO9. The molecule has 1 amide bonds. The van der Waals surface area contributed by atoms with Gasteiger partial charge in [0.25, 0.3) is 0 Å². The predicted molar refractivity (Wildman–Crippen MR) is 199 cm³/mol. The van der Waals surface area contributed by atoms with E-state index >= 15 is 0 Å². The number of rotatable bonds is 32. The number of aliphatic hydroxyl groups excluding tert-OH is 6. The fourth-order valence-corrected chi connectivity index (χ4v) is 6.27. The third kappa shape index (κ3) is 21.9. The third-order valence-electron chi connectivity index (χ3n) is 9.68. The van der Waals surface area contributed by atoms with Gasteiger partial charge >= 0.3 is 0 Å². The van der Waals surface area contributed by atoms with Gasteiger partial charge in [-0.3, -0.25) is 4.79 Å².